The van der Waals surface area contributed by atoms with E-state index in [1.54, 1.807) is 7.11 Å². The fraction of sp³-hybridized carbons (Fsp3) is 0.533. The van der Waals surface area contributed by atoms with Gasteiger partial charge < -0.3 is 15.0 Å². The third kappa shape index (κ3) is 3.32. The van der Waals surface area contributed by atoms with Crippen molar-refractivity contribution in [3.8, 4) is 0 Å². The molecule has 1 N–H and O–H groups in total. The molecule has 2 rings (SSSR count). The highest BCUT2D eigenvalue weighted by Gasteiger charge is 2.31. The van der Waals surface area contributed by atoms with Gasteiger partial charge in [-0.25, -0.2) is 0 Å². The van der Waals surface area contributed by atoms with Crippen molar-refractivity contribution in [2.45, 2.75) is 13.0 Å². The van der Waals surface area contributed by atoms with Crippen LogP contribution in [0.1, 0.15) is 18.5 Å². The minimum Gasteiger partial charge on any atom is -0.384 e. The van der Waals surface area contributed by atoms with Crippen molar-refractivity contribution in [1.82, 2.24) is 10.2 Å². The Morgan fingerprint density at radius 2 is 2.30 bits per heavy atom. The molecule has 0 radical (unpaired) electrons. The van der Waals surface area contributed by atoms with Crippen LogP contribution >= 0.6 is 11.6 Å². The van der Waals surface area contributed by atoms with Gasteiger partial charge in [0.05, 0.1) is 18.6 Å². The molecule has 4 nitrogen and oxygen atoms in total. The first-order chi connectivity index (χ1) is 9.65. The SMILES string of the molecule is COCC(C)C(=O)N1CCNCC1c1ccccc1Cl. The number of nitrogens with zero attached hydrogens (tertiary/aromatic N) is 1. The van der Waals surface area contributed by atoms with Crippen LogP contribution in [-0.2, 0) is 9.53 Å². The van der Waals surface area contributed by atoms with Gasteiger partial charge in [0.1, 0.15) is 0 Å². The molecule has 5 heteroatoms. The Labute approximate surface area is 125 Å². The summed E-state index contributed by atoms with van der Waals surface area (Å²) in [5, 5.41) is 4.04. The molecule has 0 saturated carbocycles. The van der Waals surface area contributed by atoms with Crippen LogP contribution < -0.4 is 5.32 Å². The van der Waals surface area contributed by atoms with Gasteiger partial charge in [0, 0.05) is 31.8 Å². The molecule has 1 fully saturated rings. The predicted molar refractivity (Wildman–Crippen MR) is 79.8 cm³/mol. The van der Waals surface area contributed by atoms with Gasteiger partial charge in [-0.2, -0.15) is 0 Å². The Balaban J connectivity index is 2.21. The van der Waals surface area contributed by atoms with Gasteiger partial charge in [0.2, 0.25) is 5.91 Å². The van der Waals surface area contributed by atoms with Gasteiger partial charge in [-0.1, -0.05) is 36.7 Å². The van der Waals surface area contributed by atoms with E-state index in [2.05, 4.69) is 5.32 Å². The van der Waals surface area contributed by atoms with E-state index in [0.717, 1.165) is 18.7 Å². The highest BCUT2D eigenvalue weighted by molar-refractivity contribution is 6.31. The quantitative estimate of drug-likeness (QED) is 0.925. The molecule has 1 saturated heterocycles. The number of methoxy groups -OCH3 is 1. The number of hydrogen-bond acceptors (Lipinski definition) is 3. The number of hydrogen-bond donors (Lipinski definition) is 1. The van der Waals surface area contributed by atoms with Gasteiger partial charge in [0.25, 0.3) is 0 Å². The molecule has 0 spiro atoms. The zero-order valence-corrected chi connectivity index (χ0v) is 12.7. The second-order valence-electron chi connectivity index (χ2n) is 5.13. The van der Waals surface area contributed by atoms with E-state index in [9.17, 15) is 4.79 Å². The molecule has 1 aliphatic rings. The summed E-state index contributed by atoms with van der Waals surface area (Å²) >= 11 is 6.28. The number of carbonyl (C=O) groups is 1. The van der Waals surface area contributed by atoms with Crippen molar-refractivity contribution >= 4 is 17.5 Å². The van der Waals surface area contributed by atoms with E-state index < -0.39 is 0 Å². The summed E-state index contributed by atoms with van der Waals surface area (Å²) in [4.78, 5) is 14.5. The standard InChI is InChI=1S/C15H21ClN2O2/c1-11(10-20-2)15(19)18-8-7-17-9-14(18)12-5-3-4-6-13(12)16/h3-6,11,14,17H,7-10H2,1-2H3. The average Bonchev–Trinajstić information content (AvgIpc) is 2.47. The maximum Gasteiger partial charge on any atom is 0.228 e. The molecule has 110 valence electrons. The molecule has 20 heavy (non-hydrogen) atoms. The second-order valence-corrected chi connectivity index (χ2v) is 5.54. The van der Waals surface area contributed by atoms with Crippen molar-refractivity contribution in [1.29, 1.82) is 0 Å². The Hall–Kier alpha value is -1.10. The second kappa shape index (κ2) is 7.07. The van der Waals surface area contributed by atoms with Crippen molar-refractivity contribution in [3.05, 3.63) is 34.9 Å². The first-order valence-electron chi connectivity index (χ1n) is 6.89. The Kier molecular flexibility index (Phi) is 5.40. The van der Waals surface area contributed by atoms with Gasteiger partial charge in [-0.05, 0) is 11.6 Å². The van der Waals surface area contributed by atoms with Crippen molar-refractivity contribution in [2.75, 3.05) is 33.4 Å². The number of ether oxygens (including phenoxy) is 1. The fourth-order valence-electron chi connectivity index (χ4n) is 2.60. The molecular formula is C15H21ClN2O2. The van der Waals surface area contributed by atoms with E-state index in [1.165, 1.54) is 0 Å². The van der Waals surface area contributed by atoms with Crippen LogP contribution in [0.5, 0.6) is 0 Å². The van der Waals surface area contributed by atoms with Crippen molar-refractivity contribution in [2.24, 2.45) is 5.92 Å². The van der Waals surface area contributed by atoms with Gasteiger partial charge >= 0.3 is 0 Å². The lowest BCUT2D eigenvalue weighted by molar-refractivity contribution is -0.140. The van der Waals surface area contributed by atoms with E-state index in [4.69, 9.17) is 16.3 Å². The van der Waals surface area contributed by atoms with Gasteiger partial charge in [-0.3, -0.25) is 4.79 Å². The molecule has 0 aliphatic carbocycles. The number of carbonyl (C=O) groups excluding carboxylic acids is 1. The molecule has 2 atom stereocenters. The molecule has 1 aromatic rings. The highest BCUT2D eigenvalue weighted by atomic mass is 35.5. The van der Waals surface area contributed by atoms with Crippen LogP contribution in [0.15, 0.2) is 24.3 Å². The molecule has 0 aromatic heterocycles. The number of amides is 1. The highest BCUT2D eigenvalue weighted by Crippen LogP contribution is 2.29. The fourth-order valence-corrected chi connectivity index (χ4v) is 2.86. The first kappa shape index (κ1) is 15.3. The van der Waals surface area contributed by atoms with Crippen LogP contribution in [0.4, 0.5) is 0 Å². The van der Waals surface area contributed by atoms with Crippen LogP contribution in [0.25, 0.3) is 0 Å². The van der Waals surface area contributed by atoms with E-state index in [-0.39, 0.29) is 17.9 Å². The molecule has 2 unspecified atom stereocenters. The van der Waals surface area contributed by atoms with Crippen LogP contribution in [0.3, 0.4) is 0 Å². The smallest absolute Gasteiger partial charge is 0.228 e. The van der Waals surface area contributed by atoms with Crippen molar-refractivity contribution in [3.63, 3.8) is 0 Å². The largest absolute Gasteiger partial charge is 0.384 e. The number of piperazine rings is 1. The third-order valence-electron chi connectivity index (χ3n) is 3.63. The third-order valence-corrected chi connectivity index (χ3v) is 3.97. The number of benzene rings is 1. The maximum absolute atomic E-state index is 12.6. The van der Waals surface area contributed by atoms with Crippen molar-refractivity contribution < 1.29 is 9.53 Å². The lowest BCUT2D eigenvalue weighted by Gasteiger charge is -2.38. The molecule has 1 aliphatic heterocycles. The zero-order valence-electron chi connectivity index (χ0n) is 11.9. The van der Waals surface area contributed by atoms with Crippen LogP contribution in [0, 0.1) is 5.92 Å². The Bertz CT molecular complexity index is 467. The topological polar surface area (TPSA) is 41.6 Å². The molecular weight excluding hydrogens is 276 g/mol. The maximum atomic E-state index is 12.6. The van der Waals surface area contributed by atoms with Gasteiger partial charge in [0.15, 0.2) is 0 Å². The van der Waals surface area contributed by atoms with E-state index in [1.807, 2.05) is 36.1 Å². The number of rotatable bonds is 4. The first-order valence-corrected chi connectivity index (χ1v) is 7.27. The molecule has 1 heterocycles. The van der Waals surface area contributed by atoms with Gasteiger partial charge in [-0.15, -0.1) is 0 Å². The summed E-state index contributed by atoms with van der Waals surface area (Å²) in [5.41, 5.74) is 0.999. The Morgan fingerprint density at radius 1 is 1.55 bits per heavy atom. The minimum absolute atomic E-state index is 0.00995. The lowest BCUT2D eigenvalue weighted by atomic mass is 10.0. The molecule has 1 aromatic carbocycles. The minimum atomic E-state index is -0.136. The summed E-state index contributed by atoms with van der Waals surface area (Å²) in [6, 6.07) is 7.71. The number of halogens is 1. The summed E-state index contributed by atoms with van der Waals surface area (Å²) in [5.74, 6) is -0.0126. The summed E-state index contributed by atoms with van der Waals surface area (Å²) in [6.45, 7) is 4.58. The molecule has 0 bridgehead atoms. The molecule has 1 amide bonds. The number of nitrogens with one attached hydrogen (secondary N) is 1. The normalized spacial score (nSPS) is 20.8. The summed E-state index contributed by atoms with van der Waals surface area (Å²) < 4.78 is 5.09. The van der Waals surface area contributed by atoms with Crippen LogP contribution in [-0.4, -0.2) is 44.2 Å². The van der Waals surface area contributed by atoms with Crippen LogP contribution in [0.2, 0.25) is 5.02 Å². The predicted octanol–water partition coefficient (Wildman–Crippen LogP) is 2.10. The monoisotopic (exact) mass is 296 g/mol. The Morgan fingerprint density at radius 3 is 3.00 bits per heavy atom. The van der Waals surface area contributed by atoms with E-state index in [0.29, 0.717) is 18.2 Å². The lowest BCUT2D eigenvalue weighted by Crippen LogP contribution is -2.50. The zero-order chi connectivity index (χ0) is 14.5. The average molecular weight is 297 g/mol. The summed E-state index contributed by atoms with van der Waals surface area (Å²) in [7, 11) is 1.62. The van der Waals surface area contributed by atoms with E-state index >= 15 is 0 Å². The summed E-state index contributed by atoms with van der Waals surface area (Å²) in [6.07, 6.45) is 0.